The van der Waals surface area contributed by atoms with Crippen LogP contribution in [0.4, 0.5) is 0 Å². The van der Waals surface area contributed by atoms with Crippen molar-refractivity contribution in [2.75, 3.05) is 26.5 Å². The zero-order chi connectivity index (χ0) is 13.9. The van der Waals surface area contributed by atoms with Gasteiger partial charge in [-0.1, -0.05) is 0 Å². The fourth-order valence-electron chi connectivity index (χ4n) is 2.17. The number of likely N-dealkylation sites (tertiary alicyclic amines) is 1. The van der Waals surface area contributed by atoms with Gasteiger partial charge < -0.3 is 4.74 Å². The van der Waals surface area contributed by atoms with E-state index in [0.29, 0.717) is 25.3 Å². The highest BCUT2D eigenvalue weighted by Gasteiger charge is 2.32. The second-order valence-corrected chi connectivity index (χ2v) is 6.35. The number of pyridine rings is 1. The summed E-state index contributed by atoms with van der Waals surface area (Å²) in [7, 11) is -1.47. The molecule has 122 valence electrons. The van der Waals surface area contributed by atoms with Crippen molar-refractivity contribution in [2.24, 2.45) is 0 Å². The molecule has 1 aliphatic heterocycles. The van der Waals surface area contributed by atoms with E-state index in [9.17, 15) is 8.42 Å². The third-order valence-electron chi connectivity index (χ3n) is 3.04. The van der Waals surface area contributed by atoms with Gasteiger partial charge in [0.1, 0.15) is 12.4 Å². The van der Waals surface area contributed by atoms with Crippen molar-refractivity contribution in [3.63, 3.8) is 0 Å². The molecule has 2 heterocycles. The van der Waals surface area contributed by atoms with Crippen LogP contribution in [0.5, 0.6) is 5.75 Å². The van der Waals surface area contributed by atoms with E-state index in [4.69, 9.17) is 8.92 Å². The lowest BCUT2D eigenvalue weighted by molar-refractivity contribution is 0.197. The van der Waals surface area contributed by atoms with Crippen molar-refractivity contribution < 1.29 is 17.3 Å². The van der Waals surface area contributed by atoms with Gasteiger partial charge in [-0.25, -0.2) is 0 Å². The third kappa shape index (κ3) is 6.80. The first-order valence-electron chi connectivity index (χ1n) is 6.05. The Hall–Kier alpha value is -0.600. The molecule has 0 aromatic carbocycles. The van der Waals surface area contributed by atoms with Gasteiger partial charge in [-0.15, -0.1) is 24.8 Å². The van der Waals surface area contributed by atoms with Crippen LogP contribution in [0.25, 0.3) is 0 Å². The standard InChI is InChI=1S/C12H18N2O4S.2ClH/c1-14-8-12(18-19(2,15)16)6-10(14)9-17-11-4-3-5-13-7-11;;/h3-5,7,10,12H,6,8-9H2,1-2H3;2*1H. The molecule has 0 saturated carbocycles. The van der Waals surface area contributed by atoms with Gasteiger partial charge in [0.2, 0.25) is 0 Å². The Morgan fingerprint density at radius 1 is 1.43 bits per heavy atom. The molecule has 0 bridgehead atoms. The minimum atomic E-state index is -3.40. The molecular formula is C12H20Cl2N2O4S. The van der Waals surface area contributed by atoms with Crippen molar-refractivity contribution >= 4 is 34.9 Å². The lowest BCUT2D eigenvalue weighted by Gasteiger charge is -2.18. The summed E-state index contributed by atoms with van der Waals surface area (Å²) in [5, 5.41) is 0. The summed E-state index contributed by atoms with van der Waals surface area (Å²) in [6.07, 6.45) is 4.77. The molecule has 0 aliphatic carbocycles. The number of halogens is 2. The maximum atomic E-state index is 11.1. The monoisotopic (exact) mass is 358 g/mol. The minimum Gasteiger partial charge on any atom is -0.490 e. The largest absolute Gasteiger partial charge is 0.490 e. The Balaban J connectivity index is 0.00000200. The predicted molar refractivity (Wildman–Crippen MR) is 85.0 cm³/mol. The van der Waals surface area contributed by atoms with Crippen LogP contribution in [0.15, 0.2) is 24.5 Å². The average molecular weight is 359 g/mol. The summed E-state index contributed by atoms with van der Waals surface area (Å²) in [6.45, 7) is 1.08. The first kappa shape index (κ1) is 20.4. The molecule has 0 radical (unpaired) electrons. The van der Waals surface area contributed by atoms with Crippen molar-refractivity contribution in [1.82, 2.24) is 9.88 Å². The highest BCUT2D eigenvalue weighted by molar-refractivity contribution is 7.86. The van der Waals surface area contributed by atoms with Crippen LogP contribution in [0, 0.1) is 0 Å². The van der Waals surface area contributed by atoms with Crippen LogP contribution in [0.3, 0.4) is 0 Å². The van der Waals surface area contributed by atoms with Crippen LogP contribution in [-0.2, 0) is 14.3 Å². The van der Waals surface area contributed by atoms with E-state index in [0.717, 1.165) is 6.26 Å². The van der Waals surface area contributed by atoms with Crippen molar-refractivity contribution in [2.45, 2.75) is 18.6 Å². The lowest BCUT2D eigenvalue weighted by atomic mass is 10.2. The van der Waals surface area contributed by atoms with Crippen molar-refractivity contribution in [1.29, 1.82) is 0 Å². The molecule has 0 spiro atoms. The number of hydrogen-bond donors (Lipinski definition) is 0. The Bertz CT molecular complexity index is 515. The maximum absolute atomic E-state index is 11.1. The first-order chi connectivity index (χ1) is 8.94. The molecule has 9 heteroatoms. The average Bonchev–Trinajstić information content (AvgIpc) is 2.66. The van der Waals surface area contributed by atoms with Gasteiger partial charge in [0.05, 0.1) is 18.6 Å². The van der Waals surface area contributed by atoms with Crippen LogP contribution in [-0.4, -0.2) is 56.9 Å². The first-order valence-corrected chi connectivity index (χ1v) is 7.87. The number of rotatable bonds is 5. The van der Waals surface area contributed by atoms with Gasteiger partial charge in [0.25, 0.3) is 10.1 Å². The number of aromatic nitrogens is 1. The van der Waals surface area contributed by atoms with E-state index in [-0.39, 0.29) is 37.0 Å². The molecule has 21 heavy (non-hydrogen) atoms. The number of hydrogen-bond acceptors (Lipinski definition) is 6. The van der Waals surface area contributed by atoms with E-state index < -0.39 is 10.1 Å². The molecule has 1 aromatic heterocycles. The topological polar surface area (TPSA) is 68.7 Å². The second kappa shape index (κ2) is 8.75. The molecule has 2 rings (SSSR count). The molecular weight excluding hydrogens is 339 g/mol. The van der Waals surface area contributed by atoms with Gasteiger partial charge in [-0.05, 0) is 25.6 Å². The van der Waals surface area contributed by atoms with Gasteiger partial charge >= 0.3 is 0 Å². The quantitative estimate of drug-likeness (QED) is 0.740. The van der Waals surface area contributed by atoms with Crippen molar-refractivity contribution in [3.8, 4) is 5.75 Å². The van der Waals surface area contributed by atoms with Gasteiger partial charge in [0, 0.05) is 18.8 Å². The predicted octanol–water partition coefficient (Wildman–Crippen LogP) is 1.35. The normalized spacial score (nSPS) is 22.2. The molecule has 1 aliphatic rings. The summed E-state index contributed by atoms with van der Waals surface area (Å²) >= 11 is 0. The fraction of sp³-hybridized carbons (Fsp3) is 0.583. The second-order valence-electron chi connectivity index (χ2n) is 4.75. The highest BCUT2D eigenvalue weighted by atomic mass is 35.5. The molecule has 6 nitrogen and oxygen atoms in total. The Morgan fingerprint density at radius 2 is 2.14 bits per heavy atom. The van der Waals surface area contributed by atoms with Gasteiger partial charge in [0.15, 0.2) is 0 Å². The summed E-state index contributed by atoms with van der Waals surface area (Å²) in [5.41, 5.74) is 0. The van der Waals surface area contributed by atoms with Crippen molar-refractivity contribution in [3.05, 3.63) is 24.5 Å². The summed E-state index contributed by atoms with van der Waals surface area (Å²) in [6, 6.07) is 3.79. The molecule has 0 N–H and O–H groups in total. The molecule has 1 saturated heterocycles. The Labute approximate surface area is 137 Å². The Kier molecular flexibility index (Phi) is 8.50. The summed E-state index contributed by atoms with van der Waals surface area (Å²) in [5.74, 6) is 0.711. The number of nitrogens with zero attached hydrogens (tertiary/aromatic N) is 2. The Morgan fingerprint density at radius 3 is 2.71 bits per heavy atom. The lowest BCUT2D eigenvalue weighted by Crippen LogP contribution is -2.30. The highest BCUT2D eigenvalue weighted by Crippen LogP contribution is 2.21. The third-order valence-corrected chi connectivity index (χ3v) is 3.66. The van der Waals surface area contributed by atoms with Crippen LogP contribution < -0.4 is 4.74 Å². The van der Waals surface area contributed by atoms with Crippen LogP contribution >= 0.6 is 24.8 Å². The number of ether oxygens (including phenoxy) is 1. The van der Waals surface area contributed by atoms with Crippen LogP contribution in [0.2, 0.25) is 0 Å². The zero-order valence-corrected chi connectivity index (χ0v) is 14.3. The molecule has 2 unspecified atom stereocenters. The maximum Gasteiger partial charge on any atom is 0.264 e. The SMILES string of the molecule is CN1CC(OS(C)(=O)=O)CC1COc1cccnc1.Cl.Cl. The molecule has 1 fully saturated rings. The van der Waals surface area contributed by atoms with E-state index in [1.165, 1.54) is 0 Å². The zero-order valence-electron chi connectivity index (χ0n) is 11.8. The fourth-order valence-corrected chi connectivity index (χ4v) is 2.80. The smallest absolute Gasteiger partial charge is 0.264 e. The van der Waals surface area contributed by atoms with Crippen LogP contribution in [0.1, 0.15) is 6.42 Å². The summed E-state index contributed by atoms with van der Waals surface area (Å²) in [4.78, 5) is 6.02. The molecule has 1 aromatic rings. The summed E-state index contributed by atoms with van der Waals surface area (Å²) < 4.78 is 32.8. The minimum absolute atomic E-state index is 0. The molecule has 2 atom stereocenters. The molecule has 0 amide bonds. The van der Waals surface area contributed by atoms with E-state index in [2.05, 4.69) is 4.98 Å². The van der Waals surface area contributed by atoms with Gasteiger partial charge in [-0.2, -0.15) is 8.42 Å². The number of likely N-dealkylation sites (N-methyl/N-ethyl adjacent to an activating group) is 1. The van der Waals surface area contributed by atoms with E-state index in [1.807, 2.05) is 24.1 Å². The van der Waals surface area contributed by atoms with E-state index >= 15 is 0 Å². The van der Waals surface area contributed by atoms with E-state index in [1.54, 1.807) is 12.4 Å². The van der Waals surface area contributed by atoms with Gasteiger partial charge in [-0.3, -0.25) is 14.1 Å².